The molecule has 3 aromatic rings. The molecule has 26 heavy (non-hydrogen) atoms. The second-order valence-electron chi connectivity index (χ2n) is 5.49. The van der Waals surface area contributed by atoms with Gasteiger partial charge in [0.05, 0.1) is 23.6 Å². The lowest BCUT2D eigenvalue weighted by Gasteiger charge is -2.09. The second kappa shape index (κ2) is 8.54. The number of carbonyl (C=O) groups excluding carboxylic acids is 1. The Bertz CT molecular complexity index is 907. The summed E-state index contributed by atoms with van der Waals surface area (Å²) in [6.45, 7) is 0.408. The van der Waals surface area contributed by atoms with E-state index in [1.807, 2.05) is 24.3 Å². The number of benzene rings is 2. The van der Waals surface area contributed by atoms with Crippen LogP contribution < -0.4 is 10.1 Å². The molecule has 1 aromatic heterocycles. The average molecular weight is 407 g/mol. The average Bonchev–Trinajstić information content (AvgIpc) is 3.08. The van der Waals surface area contributed by atoms with E-state index in [2.05, 4.69) is 10.3 Å². The number of methoxy groups -OCH3 is 1. The van der Waals surface area contributed by atoms with Gasteiger partial charge in [-0.05, 0) is 18.2 Å². The van der Waals surface area contributed by atoms with Gasteiger partial charge in [0.15, 0.2) is 0 Å². The highest BCUT2D eigenvalue weighted by molar-refractivity contribution is 7.15. The number of halogens is 2. The molecule has 0 atom stereocenters. The van der Waals surface area contributed by atoms with Crippen molar-refractivity contribution in [2.75, 3.05) is 7.11 Å². The number of rotatable bonds is 6. The summed E-state index contributed by atoms with van der Waals surface area (Å²) >= 11 is 13.8. The summed E-state index contributed by atoms with van der Waals surface area (Å²) in [4.78, 5) is 17.4. The molecule has 0 aliphatic rings. The smallest absolute Gasteiger partial charge is 0.225 e. The monoisotopic (exact) mass is 406 g/mol. The zero-order chi connectivity index (χ0) is 18.5. The minimum absolute atomic E-state index is 0.0867. The van der Waals surface area contributed by atoms with E-state index in [1.165, 1.54) is 11.3 Å². The summed E-state index contributed by atoms with van der Waals surface area (Å²) in [7, 11) is 1.61. The van der Waals surface area contributed by atoms with Crippen LogP contribution in [0, 0.1) is 0 Å². The zero-order valence-electron chi connectivity index (χ0n) is 14.0. The Hall–Kier alpha value is -2.08. The molecule has 0 radical (unpaired) electrons. The van der Waals surface area contributed by atoms with Crippen molar-refractivity contribution in [3.8, 4) is 16.3 Å². The van der Waals surface area contributed by atoms with Gasteiger partial charge >= 0.3 is 0 Å². The highest BCUT2D eigenvalue weighted by atomic mass is 35.5. The molecule has 4 nitrogen and oxygen atoms in total. The van der Waals surface area contributed by atoms with Gasteiger partial charge in [-0.25, -0.2) is 4.98 Å². The third-order valence-corrected chi connectivity index (χ3v) is 5.38. The SMILES string of the molecule is COc1ccccc1CNC(=O)Cc1cnc(-c2c(Cl)cccc2Cl)s1. The van der Waals surface area contributed by atoms with Crippen LogP contribution in [0.2, 0.25) is 10.0 Å². The first-order chi connectivity index (χ1) is 12.6. The predicted octanol–water partition coefficient (Wildman–Crippen LogP) is 4.98. The van der Waals surface area contributed by atoms with Crippen LogP contribution in [0.15, 0.2) is 48.7 Å². The summed E-state index contributed by atoms with van der Waals surface area (Å²) in [5.41, 5.74) is 1.62. The molecular weight excluding hydrogens is 391 g/mol. The maximum Gasteiger partial charge on any atom is 0.225 e. The largest absolute Gasteiger partial charge is 0.496 e. The highest BCUT2D eigenvalue weighted by Gasteiger charge is 2.14. The number of para-hydroxylation sites is 1. The summed E-state index contributed by atoms with van der Waals surface area (Å²) in [5.74, 6) is 0.664. The van der Waals surface area contributed by atoms with Crippen LogP contribution in [0.5, 0.6) is 5.75 Å². The van der Waals surface area contributed by atoms with E-state index < -0.39 is 0 Å². The molecule has 0 aliphatic carbocycles. The molecule has 1 N–H and O–H groups in total. The quantitative estimate of drug-likeness (QED) is 0.627. The maximum absolute atomic E-state index is 12.2. The van der Waals surface area contributed by atoms with Gasteiger partial charge in [-0.3, -0.25) is 4.79 Å². The van der Waals surface area contributed by atoms with Crippen molar-refractivity contribution < 1.29 is 9.53 Å². The van der Waals surface area contributed by atoms with Crippen molar-refractivity contribution in [1.29, 1.82) is 0 Å². The molecule has 0 saturated heterocycles. The number of thiazole rings is 1. The lowest BCUT2D eigenvalue weighted by Crippen LogP contribution is -2.24. The Morgan fingerprint density at radius 2 is 1.88 bits per heavy atom. The van der Waals surface area contributed by atoms with E-state index >= 15 is 0 Å². The molecule has 0 saturated carbocycles. The van der Waals surface area contributed by atoms with E-state index in [-0.39, 0.29) is 12.3 Å². The number of hydrogen-bond donors (Lipinski definition) is 1. The van der Waals surface area contributed by atoms with Crippen LogP contribution in [-0.2, 0) is 17.8 Å². The van der Waals surface area contributed by atoms with Crippen LogP contribution in [0.25, 0.3) is 10.6 Å². The summed E-state index contributed by atoms with van der Waals surface area (Å²) in [6.07, 6.45) is 1.93. The number of nitrogens with one attached hydrogen (secondary N) is 1. The fraction of sp³-hybridized carbons (Fsp3) is 0.158. The van der Waals surface area contributed by atoms with Crippen LogP contribution >= 0.6 is 34.5 Å². The minimum Gasteiger partial charge on any atom is -0.496 e. The van der Waals surface area contributed by atoms with Crippen LogP contribution in [-0.4, -0.2) is 18.0 Å². The molecule has 0 fully saturated rings. The number of ether oxygens (including phenoxy) is 1. The van der Waals surface area contributed by atoms with Gasteiger partial charge in [0.25, 0.3) is 0 Å². The van der Waals surface area contributed by atoms with Gasteiger partial charge in [0, 0.05) is 28.7 Å². The van der Waals surface area contributed by atoms with Gasteiger partial charge < -0.3 is 10.1 Å². The molecule has 0 spiro atoms. The summed E-state index contributed by atoms with van der Waals surface area (Å²) in [5, 5.41) is 4.69. The molecule has 3 rings (SSSR count). The summed E-state index contributed by atoms with van der Waals surface area (Å²) < 4.78 is 5.29. The van der Waals surface area contributed by atoms with Crippen molar-refractivity contribution >= 4 is 40.4 Å². The van der Waals surface area contributed by atoms with Crippen molar-refractivity contribution in [3.63, 3.8) is 0 Å². The molecule has 1 amide bonds. The number of amides is 1. The van der Waals surface area contributed by atoms with Crippen molar-refractivity contribution in [2.24, 2.45) is 0 Å². The van der Waals surface area contributed by atoms with Gasteiger partial charge in [0.1, 0.15) is 10.8 Å². The fourth-order valence-corrected chi connectivity index (χ4v) is 4.14. The molecule has 7 heteroatoms. The van der Waals surface area contributed by atoms with Crippen molar-refractivity contribution in [1.82, 2.24) is 10.3 Å². The topological polar surface area (TPSA) is 51.2 Å². The number of hydrogen-bond acceptors (Lipinski definition) is 4. The molecule has 0 aliphatic heterocycles. The first kappa shape index (κ1) is 18.7. The molecule has 1 heterocycles. The Balaban J connectivity index is 1.65. The van der Waals surface area contributed by atoms with E-state index in [9.17, 15) is 4.79 Å². The fourth-order valence-electron chi connectivity index (χ4n) is 2.47. The Morgan fingerprint density at radius 3 is 2.62 bits per heavy atom. The third-order valence-electron chi connectivity index (χ3n) is 3.73. The molecular formula is C19H16Cl2N2O2S. The molecule has 0 unspecified atom stereocenters. The predicted molar refractivity (Wildman–Crippen MR) is 106 cm³/mol. The van der Waals surface area contributed by atoms with Crippen LogP contribution in [0.3, 0.4) is 0 Å². The molecule has 0 bridgehead atoms. The number of nitrogens with zero attached hydrogens (tertiary/aromatic N) is 1. The second-order valence-corrected chi connectivity index (χ2v) is 7.42. The Morgan fingerprint density at radius 1 is 1.15 bits per heavy atom. The van der Waals surface area contributed by atoms with Gasteiger partial charge in [0.2, 0.25) is 5.91 Å². The van der Waals surface area contributed by atoms with E-state index in [0.29, 0.717) is 27.2 Å². The van der Waals surface area contributed by atoms with Gasteiger partial charge in [-0.15, -0.1) is 11.3 Å². The lowest BCUT2D eigenvalue weighted by molar-refractivity contribution is -0.120. The zero-order valence-corrected chi connectivity index (χ0v) is 16.3. The highest BCUT2D eigenvalue weighted by Crippen LogP contribution is 2.36. The van der Waals surface area contributed by atoms with Crippen molar-refractivity contribution in [2.45, 2.75) is 13.0 Å². The van der Waals surface area contributed by atoms with E-state index in [4.69, 9.17) is 27.9 Å². The maximum atomic E-state index is 12.2. The van der Waals surface area contributed by atoms with Crippen molar-refractivity contribution in [3.05, 3.63) is 69.1 Å². The normalized spacial score (nSPS) is 10.6. The number of aromatic nitrogens is 1. The lowest BCUT2D eigenvalue weighted by atomic mass is 10.2. The van der Waals surface area contributed by atoms with Gasteiger partial charge in [-0.1, -0.05) is 47.5 Å². The van der Waals surface area contributed by atoms with Crippen LogP contribution in [0.4, 0.5) is 0 Å². The third kappa shape index (κ3) is 4.36. The van der Waals surface area contributed by atoms with E-state index in [0.717, 1.165) is 16.2 Å². The summed E-state index contributed by atoms with van der Waals surface area (Å²) in [6, 6.07) is 12.9. The minimum atomic E-state index is -0.0867. The first-order valence-corrected chi connectivity index (χ1v) is 9.43. The first-order valence-electron chi connectivity index (χ1n) is 7.86. The molecule has 2 aromatic carbocycles. The molecule has 134 valence electrons. The Kier molecular flexibility index (Phi) is 6.14. The van der Waals surface area contributed by atoms with E-state index in [1.54, 1.807) is 31.5 Å². The van der Waals surface area contributed by atoms with Gasteiger partial charge in [-0.2, -0.15) is 0 Å². The standard InChI is InChI=1S/C19H16Cl2N2O2S/c1-25-16-8-3-2-5-12(16)10-22-17(24)9-13-11-23-19(26-13)18-14(20)6-4-7-15(18)21/h2-8,11H,9-10H2,1H3,(H,22,24). The number of carbonyl (C=O) groups is 1. The Labute approximate surface area is 165 Å². The van der Waals surface area contributed by atoms with Crippen LogP contribution in [0.1, 0.15) is 10.4 Å².